The van der Waals surface area contributed by atoms with Crippen LogP contribution in [0.5, 0.6) is 5.75 Å². The van der Waals surface area contributed by atoms with Gasteiger partial charge >= 0.3 is 0 Å². The number of halogens is 2. The van der Waals surface area contributed by atoms with Crippen LogP contribution in [0.15, 0.2) is 12.1 Å². The highest BCUT2D eigenvalue weighted by Crippen LogP contribution is 2.32. The average Bonchev–Trinajstić information content (AvgIpc) is 2.84. The van der Waals surface area contributed by atoms with Gasteiger partial charge in [0, 0.05) is 11.8 Å². The number of hydrogen-bond acceptors (Lipinski definition) is 2. The van der Waals surface area contributed by atoms with Crippen LogP contribution in [0.2, 0.25) is 5.02 Å². The molecule has 3 rings (SSSR count). The van der Waals surface area contributed by atoms with Crippen LogP contribution in [0.3, 0.4) is 0 Å². The maximum Gasteiger partial charge on any atom is 0.150 e. The highest BCUT2D eigenvalue weighted by molar-refractivity contribution is 6.32. The molecule has 0 saturated heterocycles. The topological polar surface area (TPSA) is 27.1 Å². The van der Waals surface area contributed by atoms with E-state index in [-0.39, 0.29) is 11.6 Å². The van der Waals surface area contributed by atoms with E-state index in [0.29, 0.717) is 11.4 Å². The first-order chi connectivity index (χ1) is 10.6. The van der Waals surface area contributed by atoms with Crippen molar-refractivity contribution in [3.63, 3.8) is 0 Å². The Morgan fingerprint density at radius 3 is 2.91 bits per heavy atom. The van der Waals surface area contributed by atoms with Gasteiger partial charge in [0.15, 0.2) is 5.82 Å². The number of fused-ring (bicyclic) bond motifs is 1. The van der Waals surface area contributed by atoms with Crippen molar-refractivity contribution < 1.29 is 9.13 Å². The van der Waals surface area contributed by atoms with Gasteiger partial charge in [-0.2, -0.15) is 5.10 Å². The molecule has 3 nitrogen and oxygen atoms in total. The number of aryl methyl sites for hydroxylation is 1. The first kappa shape index (κ1) is 14.9. The molecule has 1 aromatic carbocycles. The van der Waals surface area contributed by atoms with E-state index >= 15 is 0 Å². The van der Waals surface area contributed by atoms with Gasteiger partial charge < -0.3 is 4.74 Å². The van der Waals surface area contributed by atoms with Crippen molar-refractivity contribution in [1.29, 1.82) is 0 Å². The fraction of sp³-hybridized carbons (Fsp3) is 0.353. The largest absolute Gasteiger partial charge is 0.479 e. The van der Waals surface area contributed by atoms with Crippen LogP contribution in [0.1, 0.15) is 29.8 Å². The Morgan fingerprint density at radius 1 is 1.41 bits per heavy atom. The number of hydrogen-bond donors (Lipinski definition) is 0. The highest BCUT2D eigenvalue weighted by Gasteiger charge is 2.21. The number of rotatable bonds is 3. The molecule has 22 heavy (non-hydrogen) atoms. The number of ether oxygens (including phenoxy) is 1. The second-order valence-electron chi connectivity index (χ2n) is 5.36. The monoisotopic (exact) mass is 318 g/mol. The zero-order chi connectivity index (χ0) is 15.7. The van der Waals surface area contributed by atoms with E-state index in [0.717, 1.165) is 37.1 Å². The summed E-state index contributed by atoms with van der Waals surface area (Å²) in [6, 6.07) is 2.79. The summed E-state index contributed by atoms with van der Waals surface area (Å²) in [7, 11) is 0. The van der Waals surface area contributed by atoms with Gasteiger partial charge in [-0.1, -0.05) is 17.5 Å². The van der Waals surface area contributed by atoms with Gasteiger partial charge in [-0.15, -0.1) is 6.42 Å². The molecular formula is C17H16ClFN2O. The van der Waals surface area contributed by atoms with Gasteiger partial charge in [0.1, 0.15) is 18.0 Å². The SMILES string of the molecule is C#CCOc1cc(-n2nc3c(c2C)CCCC3)c(F)cc1Cl. The van der Waals surface area contributed by atoms with Crippen molar-refractivity contribution in [1.82, 2.24) is 9.78 Å². The van der Waals surface area contributed by atoms with E-state index in [1.54, 1.807) is 10.7 Å². The summed E-state index contributed by atoms with van der Waals surface area (Å²) in [5.74, 6) is 2.31. The third-order valence-corrected chi connectivity index (χ3v) is 4.25. The summed E-state index contributed by atoms with van der Waals surface area (Å²) in [5.41, 5.74) is 3.60. The van der Waals surface area contributed by atoms with Crippen LogP contribution in [0, 0.1) is 25.1 Å². The van der Waals surface area contributed by atoms with E-state index in [1.165, 1.54) is 11.6 Å². The molecule has 1 aliphatic carbocycles. The van der Waals surface area contributed by atoms with Crippen LogP contribution >= 0.6 is 11.6 Å². The third kappa shape index (κ3) is 2.57. The fourth-order valence-electron chi connectivity index (χ4n) is 2.86. The minimum absolute atomic E-state index is 0.0827. The molecule has 1 aliphatic rings. The maximum atomic E-state index is 14.3. The van der Waals surface area contributed by atoms with E-state index in [1.807, 2.05) is 6.92 Å². The average molecular weight is 319 g/mol. The minimum atomic E-state index is -0.430. The zero-order valence-electron chi connectivity index (χ0n) is 12.3. The number of nitrogens with zero attached hydrogens (tertiary/aromatic N) is 2. The summed E-state index contributed by atoms with van der Waals surface area (Å²) < 4.78 is 21.4. The predicted octanol–water partition coefficient (Wildman–Crippen LogP) is 3.86. The van der Waals surface area contributed by atoms with Crippen LogP contribution in [-0.4, -0.2) is 16.4 Å². The highest BCUT2D eigenvalue weighted by atomic mass is 35.5. The van der Waals surface area contributed by atoms with Crippen LogP contribution in [0.25, 0.3) is 5.69 Å². The number of terminal acetylenes is 1. The smallest absolute Gasteiger partial charge is 0.150 e. The van der Waals surface area contributed by atoms with E-state index in [9.17, 15) is 4.39 Å². The van der Waals surface area contributed by atoms with Gasteiger partial charge in [0.2, 0.25) is 0 Å². The van der Waals surface area contributed by atoms with Crippen LogP contribution in [0.4, 0.5) is 4.39 Å². The molecule has 0 bridgehead atoms. The fourth-order valence-corrected chi connectivity index (χ4v) is 3.06. The Kier molecular flexibility index (Phi) is 4.08. The standard InChI is InChI=1S/C17H16ClFN2O/c1-3-8-22-17-10-16(14(19)9-13(17)18)21-11(2)12-6-4-5-7-15(12)20-21/h1,9-10H,4-8H2,2H3. The van der Waals surface area contributed by atoms with Gasteiger partial charge in [-0.05, 0) is 44.2 Å². The number of aromatic nitrogens is 2. The quantitative estimate of drug-likeness (QED) is 0.803. The predicted molar refractivity (Wildman–Crippen MR) is 84.2 cm³/mol. The molecule has 2 aromatic rings. The second kappa shape index (κ2) is 6.02. The lowest BCUT2D eigenvalue weighted by Gasteiger charge is -2.11. The maximum absolute atomic E-state index is 14.3. The Labute approximate surface area is 134 Å². The Morgan fingerprint density at radius 2 is 2.18 bits per heavy atom. The van der Waals surface area contributed by atoms with Crippen molar-refractivity contribution >= 4 is 11.6 Å². The molecule has 114 valence electrons. The molecule has 0 spiro atoms. The normalized spacial score (nSPS) is 13.5. The molecule has 0 saturated carbocycles. The summed E-state index contributed by atoms with van der Waals surface area (Å²) in [6.45, 7) is 2.05. The first-order valence-electron chi connectivity index (χ1n) is 7.25. The summed E-state index contributed by atoms with van der Waals surface area (Å²) in [6.07, 6.45) is 9.41. The first-order valence-corrected chi connectivity index (χ1v) is 7.62. The van der Waals surface area contributed by atoms with E-state index < -0.39 is 5.82 Å². The lowest BCUT2D eigenvalue weighted by atomic mass is 9.96. The third-order valence-electron chi connectivity index (χ3n) is 3.95. The van der Waals surface area contributed by atoms with Crippen molar-refractivity contribution in [2.45, 2.75) is 32.6 Å². The molecule has 0 amide bonds. The Hall–Kier alpha value is -1.99. The zero-order valence-corrected chi connectivity index (χ0v) is 13.1. The van der Waals surface area contributed by atoms with Crippen LogP contribution < -0.4 is 4.74 Å². The second-order valence-corrected chi connectivity index (χ2v) is 5.76. The molecule has 0 fully saturated rings. The van der Waals surface area contributed by atoms with E-state index in [4.69, 9.17) is 22.8 Å². The van der Waals surface area contributed by atoms with Gasteiger partial charge in [-0.25, -0.2) is 9.07 Å². The Bertz CT molecular complexity index is 761. The molecule has 0 atom stereocenters. The lowest BCUT2D eigenvalue weighted by molar-refractivity contribution is 0.369. The molecule has 5 heteroatoms. The number of benzene rings is 1. The molecule has 1 aromatic heterocycles. The van der Waals surface area contributed by atoms with Crippen LogP contribution in [-0.2, 0) is 12.8 Å². The summed E-state index contributed by atoms with van der Waals surface area (Å²) in [5, 5.41) is 4.77. The Balaban J connectivity index is 2.08. The molecule has 0 N–H and O–H groups in total. The summed E-state index contributed by atoms with van der Waals surface area (Å²) in [4.78, 5) is 0. The van der Waals surface area contributed by atoms with Crippen molar-refractivity contribution in [2.24, 2.45) is 0 Å². The van der Waals surface area contributed by atoms with Crippen molar-refractivity contribution in [3.05, 3.63) is 39.9 Å². The van der Waals surface area contributed by atoms with Gasteiger partial charge in [-0.3, -0.25) is 0 Å². The van der Waals surface area contributed by atoms with Crippen molar-refractivity contribution in [2.75, 3.05) is 6.61 Å². The summed E-state index contributed by atoms with van der Waals surface area (Å²) >= 11 is 6.00. The molecule has 0 unspecified atom stereocenters. The minimum Gasteiger partial charge on any atom is -0.479 e. The van der Waals surface area contributed by atoms with E-state index in [2.05, 4.69) is 11.0 Å². The van der Waals surface area contributed by atoms with Crippen molar-refractivity contribution in [3.8, 4) is 23.8 Å². The van der Waals surface area contributed by atoms with Gasteiger partial charge in [0.05, 0.1) is 10.7 Å². The van der Waals surface area contributed by atoms with Gasteiger partial charge in [0.25, 0.3) is 0 Å². The molecule has 0 radical (unpaired) electrons. The lowest BCUT2D eigenvalue weighted by Crippen LogP contribution is -2.04. The molecule has 1 heterocycles. The molecule has 0 aliphatic heterocycles. The molecular weight excluding hydrogens is 303 g/mol.